The molecule has 3 heterocycles. The fourth-order valence-electron chi connectivity index (χ4n) is 3.74. The Morgan fingerprint density at radius 2 is 1.96 bits per heavy atom. The minimum absolute atomic E-state index is 0.248. The van der Waals surface area contributed by atoms with E-state index in [1.807, 2.05) is 47.7 Å². The summed E-state index contributed by atoms with van der Waals surface area (Å²) in [5.74, 6) is 0.690. The number of hydrogen-bond acceptors (Lipinski definition) is 4. The first-order chi connectivity index (χ1) is 12.6. The van der Waals surface area contributed by atoms with Gasteiger partial charge in [-0.2, -0.15) is 0 Å². The van der Waals surface area contributed by atoms with Gasteiger partial charge in [0.1, 0.15) is 11.3 Å². The number of ether oxygens (including phenoxy) is 2. The van der Waals surface area contributed by atoms with E-state index in [0.717, 1.165) is 42.8 Å². The van der Waals surface area contributed by atoms with Crippen molar-refractivity contribution in [3.05, 3.63) is 54.0 Å². The third kappa shape index (κ3) is 2.41. The van der Waals surface area contributed by atoms with Crippen LogP contribution in [0.2, 0.25) is 0 Å². The van der Waals surface area contributed by atoms with E-state index in [2.05, 4.69) is 10.3 Å². The summed E-state index contributed by atoms with van der Waals surface area (Å²) < 4.78 is 14.0. The maximum absolute atomic E-state index is 12.6. The van der Waals surface area contributed by atoms with Crippen molar-refractivity contribution < 1.29 is 14.3 Å². The van der Waals surface area contributed by atoms with Crippen LogP contribution < -0.4 is 14.8 Å². The zero-order chi connectivity index (χ0) is 17.7. The van der Waals surface area contributed by atoms with Crippen molar-refractivity contribution in [1.29, 1.82) is 0 Å². The summed E-state index contributed by atoms with van der Waals surface area (Å²) in [6, 6.07) is 11.3. The second-order valence-corrected chi connectivity index (χ2v) is 6.96. The molecule has 1 aliphatic heterocycles. The van der Waals surface area contributed by atoms with Gasteiger partial charge >= 0.3 is 0 Å². The molecule has 6 nitrogen and oxygen atoms in total. The molecule has 0 saturated heterocycles. The molecule has 0 radical (unpaired) electrons. The van der Waals surface area contributed by atoms with Gasteiger partial charge in [-0.1, -0.05) is 6.07 Å². The van der Waals surface area contributed by atoms with Crippen molar-refractivity contribution in [2.45, 2.75) is 38.4 Å². The summed E-state index contributed by atoms with van der Waals surface area (Å²) in [6.07, 6.45) is 5.80. The highest BCUT2D eigenvalue weighted by Gasteiger charge is 2.44. The quantitative estimate of drug-likeness (QED) is 0.761. The van der Waals surface area contributed by atoms with Crippen LogP contribution in [0, 0.1) is 6.92 Å². The fourth-order valence-corrected chi connectivity index (χ4v) is 3.74. The SMILES string of the molecule is Cc1cccc2nc(C(=O)Nc3ccc4c(c3)OC3(CCCC3)O4)cn12. The summed E-state index contributed by atoms with van der Waals surface area (Å²) in [5.41, 5.74) is 2.83. The predicted molar refractivity (Wildman–Crippen MR) is 96.8 cm³/mol. The number of nitrogens with zero attached hydrogens (tertiary/aromatic N) is 2. The molecule has 1 spiro atoms. The zero-order valence-electron chi connectivity index (χ0n) is 14.5. The lowest BCUT2D eigenvalue weighted by molar-refractivity contribution is -0.0716. The van der Waals surface area contributed by atoms with Crippen LogP contribution in [0.4, 0.5) is 5.69 Å². The fraction of sp³-hybridized carbons (Fsp3) is 0.300. The van der Waals surface area contributed by atoms with Gasteiger partial charge in [0.05, 0.1) is 0 Å². The van der Waals surface area contributed by atoms with Crippen LogP contribution in [-0.4, -0.2) is 21.1 Å². The van der Waals surface area contributed by atoms with Crippen molar-refractivity contribution in [2.24, 2.45) is 0 Å². The third-order valence-corrected chi connectivity index (χ3v) is 5.09. The van der Waals surface area contributed by atoms with E-state index in [4.69, 9.17) is 9.47 Å². The predicted octanol–water partition coefficient (Wildman–Crippen LogP) is 3.94. The van der Waals surface area contributed by atoms with E-state index in [0.29, 0.717) is 17.1 Å². The lowest BCUT2D eigenvalue weighted by Crippen LogP contribution is -2.34. The van der Waals surface area contributed by atoms with Crippen molar-refractivity contribution >= 4 is 17.2 Å². The number of benzene rings is 1. The zero-order valence-corrected chi connectivity index (χ0v) is 14.5. The molecule has 2 aromatic heterocycles. The van der Waals surface area contributed by atoms with E-state index >= 15 is 0 Å². The Morgan fingerprint density at radius 1 is 1.15 bits per heavy atom. The average Bonchev–Trinajstić information content (AvgIpc) is 3.33. The van der Waals surface area contributed by atoms with Crippen molar-refractivity contribution in [1.82, 2.24) is 9.38 Å². The van der Waals surface area contributed by atoms with Gasteiger partial charge in [0, 0.05) is 36.5 Å². The number of anilines is 1. The van der Waals surface area contributed by atoms with Gasteiger partial charge < -0.3 is 19.2 Å². The molecule has 1 aliphatic carbocycles. The van der Waals surface area contributed by atoms with Gasteiger partial charge in [-0.25, -0.2) is 4.98 Å². The number of nitrogens with one attached hydrogen (secondary N) is 1. The molecule has 26 heavy (non-hydrogen) atoms. The Balaban J connectivity index is 1.38. The van der Waals surface area contributed by atoms with E-state index in [1.165, 1.54) is 0 Å². The highest BCUT2D eigenvalue weighted by atomic mass is 16.7. The van der Waals surface area contributed by atoms with Crippen LogP contribution in [-0.2, 0) is 0 Å². The summed E-state index contributed by atoms with van der Waals surface area (Å²) in [4.78, 5) is 17.0. The molecule has 1 saturated carbocycles. The lowest BCUT2D eigenvalue weighted by Gasteiger charge is -2.21. The Bertz CT molecular complexity index is 1020. The molecule has 6 heteroatoms. The topological polar surface area (TPSA) is 64.9 Å². The van der Waals surface area contributed by atoms with Crippen LogP contribution in [0.15, 0.2) is 42.6 Å². The molecule has 1 N–H and O–H groups in total. The average molecular weight is 349 g/mol. The molecular weight excluding hydrogens is 330 g/mol. The lowest BCUT2D eigenvalue weighted by atomic mass is 10.2. The second-order valence-electron chi connectivity index (χ2n) is 6.96. The Kier molecular flexibility index (Phi) is 3.22. The third-order valence-electron chi connectivity index (χ3n) is 5.09. The van der Waals surface area contributed by atoms with Crippen molar-refractivity contribution in [3.63, 3.8) is 0 Å². The van der Waals surface area contributed by atoms with E-state index < -0.39 is 5.79 Å². The summed E-state index contributed by atoms with van der Waals surface area (Å²) in [5, 5.41) is 2.90. The maximum atomic E-state index is 12.6. The number of amides is 1. The number of carbonyl (C=O) groups is 1. The summed E-state index contributed by atoms with van der Waals surface area (Å²) in [7, 11) is 0. The van der Waals surface area contributed by atoms with Gasteiger partial charge in [0.15, 0.2) is 11.5 Å². The van der Waals surface area contributed by atoms with E-state index in [9.17, 15) is 4.79 Å². The second kappa shape index (κ2) is 5.49. The smallest absolute Gasteiger partial charge is 0.275 e. The number of imidazole rings is 1. The first-order valence-corrected chi connectivity index (χ1v) is 8.90. The van der Waals surface area contributed by atoms with E-state index in [-0.39, 0.29) is 5.91 Å². The van der Waals surface area contributed by atoms with Gasteiger partial charge in [-0.3, -0.25) is 4.79 Å². The first kappa shape index (κ1) is 15.3. The summed E-state index contributed by atoms with van der Waals surface area (Å²) >= 11 is 0. The summed E-state index contributed by atoms with van der Waals surface area (Å²) in [6.45, 7) is 1.98. The van der Waals surface area contributed by atoms with Crippen LogP contribution >= 0.6 is 0 Å². The van der Waals surface area contributed by atoms with Crippen LogP contribution in [0.1, 0.15) is 41.9 Å². The molecule has 1 aromatic carbocycles. The van der Waals surface area contributed by atoms with Gasteiger partial charge in [0.25, 0.3) is 11.7 Å². The van der Waals surface area contributed by atoms with Crippen LogP contribution in [0.5, 0.6) is 11.5 Å². The van der Waals surface area contributed by atoms with Gasteiger partial charge in [-0.15, -0.1) is 0 Å². The molecule has 0 bridgehead atoms. The largest absolute Gasteiger partial charge is 0.448 e. The first-order valence-electron chi connectivity index (χ1n) is 8.90. The molecule has 3 aromatic rings. The standard InChI is InChI=1S/C20H19N3O3/c1-13-5-4-6-18-22-15(12-23(13)18)19(24)21-14-7-8-16-17(11-14)26-20(25-16)9-2-3-10-20/h4-8,11-12H,2-3,9-10H2,1H3,(H,21,24). The Hall–Kier alpha value is -3.02. The number of rotatable bonds is 2. The minimum atomic E-state index is -0.496. The van der Waals surface area contributed by atoms with E-state index in [1.54, 1.807) is 6.20 Å². The normalized spacial score (nSPS) is 17.1. The highest BCUT2D eigenvalue weighted by molar-refractivity contribution is 6.03. The number of fused-ring (bicyclic) bond motifs is 2. The molecule has 1 amide bonds. The number of carbonyl (C=O) groups excluding carboxylic acids is 1. The highest BCUT2D eigenvalue weighted by Crippen LogP contribution is 2.47. The van der Waals surface area contributed by atoms with Gasteiger partial charge in [-0.05, 0) is 44.0 Å². The molecular formula is C20H19N3O3. The van der Waals surface area contributed by atoms with Gasteiger partial charge in [0.2, 0.25) is 0 Å². The minimum Gasteiger partial charge on any atom is -0.448 e. The number of aromatic nitrogens is 2. The number of pyridine rings is 1. The Morgan fingerprint density at radius 3 is 2.77 bits per heavy atom. The molecule has 1 fully saturated rings. The van der Waals surface area contributed by atoms with Crippen molar-refractivity contribution in [2.75, 3.05) is 5.32 Å². The number of aryl methyl sites for hydroxylation is 1. The van der Waals surface area contributed by atoms with Crippen LogP contribution in [0.25, 0.3) is 5.65 Å². The van der Waals surface area contributed by atoms with Crippen LogP contribution in [0.3, 0.4) is 0 Å². The maximum Gasteiger partial charge on any atom is 0.275 e. The molecule has 132 valence electrons. The molecule has 0 unspecified atom stereocenters. The monoisotopic (exact) mass is 349 g/mol. The number of hydrogen-bond donors (Lipinski definition) is 1. The molecule has 2 aliphatic rings. The Labute approximate surface area is 150 Å². The molecule has 5 rings (SSSR count). The molecule has 0 atom stereocenters. The van der Waals surface area contributed by atoms with Crippen molar-refractivity contribution in [3.8, 4) is 11.5 Å².